The van der Waals surface area contributed by atoms with Crippen molar-refractivity contribution in [3.63, 3.8) is 0 Å². The lowest BCUT2D eigenvalue weighted by molar-refractivity contribution is -0.160. The van der Waals surface area contributed by atoms with E-state index in [0.717, 1.165) is 89.2 Å². The zero-order valence-corrected chi connectivity index (χ0v) is 25.4. The van der Waals surface area contributed by atoms with E-state index < -0.39 is 66.4 Å². The summed E-state index contributed by atoms with van der Waals surface area (Å²) in [4.78, 5) is 49.7. The zero-order chi connectivity index (χ0) is 30.8. The van der Waals surface area contributed by atoms with E-state index >= 15 is 0 Å². The van der Waals surface area contributed by atoms with Crippen molar-refractivity contribution < 1.29 is 39.6 Å². The third-order valence-electron chi connectivity index (χ3n) is 9.56. The van der Waals surface area contributed by atoms with E-state index in [-0.39, 0.29) is 6.42 Å². The monoisotopic (exact) mass is 594 g/mol. The minimum absolute atomic E-state index is 0.201. The van der Waals surface area contributed by atoms with Gasteiger partial charge in [0.05, 0.1) is 24.8 Å². The highest BCUT2D eigenvalue weighted by Gasteiger charge is 2.58. The minimum atomic E-state index is -1.68. The molecular weight excluding hydrogens is 540 g/mol. The Morgan fingerprint density at radius 2 is 1.02 bits per heavy atom. The molecule has 0 aromatic carbocycles. The number of aliphatic carboxylic acids is 4. The predicted octanol–water partition coefficient (Wildman–Crippen LogP) is 7.00. The van der Waals surface area contributed by atoms with Crippen molar-refractivity contribution in [1.82, 2.24) is 5.43 Å². The Morgan fingerprint density at radius 3 is 1.48 bits per heavy atom. The maximum Gasteiger partial charge on any atom is 0.305 e. The first-order chi connectivity index (χ1) is 20.1. The second-order valence-corrected chi connectivity index (χ2v) is 12.7. The molecule has 2 saturated carbocycles. The number of carboxylic acid groups (broad SMARTS) is 4. The van der Waals surface area contributed by atoms with Gasteiger partial charge in [-0.2, -0.15) is 5.10 Å². The van der Waals surface area contributed by atoms with Crippen molar-refractivity contribution in [2.75, 3.05) is 0 Å². The van der Waals surface area contributed by atoms with Crippen molar-refractivity contribution >= 4 is 29.6 Å². The molecule has 0 saturated heterocycles. The van der Waals surface area contributed by atoms with E-state index in [1.54, 1.807) is 0 Å². The Kier molecular flexibility index (Phi) is 15.9. The molecule has 2 fully saturated rings. The van der Waals surface area contributed by atoms with Gasteiger partial charge in [-0.15, -0.1) is 0 Å². The fraction of sp³-hybridized carbons (Fsp3) is 0.844. The average molecular weight is 595 g/mol. The molecule has 2 aliphatic rings. The molecule has 10 nitrogen and oxygen atoms in total. The van der Waals surface area contributed by atoms with Gasteiger partial charge in [0.25, 0.3) is 0 Å². The molecule has 5 N–H and O–H groups in total. The van der Waals surface area contributed by atoms with E-state index in [1.165, 1.54) is 19.3 Å². The molecule has 2 aliphatic carbocycles. The molecule has 0 radical (unpaired) electrons. The van der Waals surface area contributed by atoms with Crippen LogP contribution in [-0.2, 0) is 19.2 Å². The second kappa shape index (κ2) is 18.8. The van der Waals surface area contributed by atoms with E-state index in [0.29, 0.717) is 19.3 Å². The molecule has 0 aromatic rings. The summed E-state index contributed by atoms with van der Waals surface area (Å²) in [5.41, 5.74) is 0.848. The molecule has 0 heterocycles. The number of hydrogen-bond donors (Lipinski definition) is 5. The topological polar surface area (TPSA) is 174 Å². The minimum Gasteiger partial charge on any atom is -0.481 e. The molecule has 42 heavy (non-hydrogen) atoms. The second-order valence-electron chi connectivity index (χ2n) is 12.7. The third kappa shape index (κ3) is 11.9. The number of carbonyl (C=O) groups is 4. The van der Waals surface area contributed by atoms with Crippen molar-refractivity contribution in [2.45, 2.75) is 160 Å². The molecule has 0 bridgehead atoms. The van der Waals surface area contributed by atoms with Crippen LogP contribution in [0.1, 0.15) is 154 Å². The summed E-state index contributed by atoms with van der Waals surface area (Å²) in [5, 5.41) is 45.4. The average Bonchev–Trinajstić information content (AvgIpc) is 2.88. The van der Waals surface area contributed by atoms with Gasteiger partial charge >= 0.3 is 23.9 Å². The van der Waals surface area contributed by atoms with E-state index in [2.05, 4.69) is 5.43 Å². The smallest absolute Gasteiger partial charge is 0.305 e. The third-order valence-corrected chi connectivity index (χ3v) is 9.56. The number of rotatable bonds is 10. The molecule has 0 aliphatic heterocycles. The van der Waals surface area contributed by atoms with Crippen LogP contribution in [0.4, 0.5) is 0 Å². The van der Waals surface area contributed by atoms with Gasteiger partial charge in [-0.25, -0.2) is 0 Å². The van der Waals surface area contributed by atoms with Gasteiger partial charge < -0.3 is 25.9 Å². The first kappa shape index (κ1) is 35.5. The fourth-order valence-electron chi connectivity index (χ4n) is 7.40. The Balaban J connectivity index is 2.70. The van der Waals surface area contributed by atoms with Crippen LogP contribution in [0.2, 0.25) is 0 Å². The van der Waals surface area contributed by atoms with Gasteiger partial charge in [-0.3, -0.25) is 19.2 Å². The van der Waals surface area contributed by atoms with Crippen LogP contribution in [0.3, 0.4) is 0 Å². The van der Waals surface area contributed by atoms with Gasteiger partial charge in [-0.05, 0) is 44.4 Å². The quantitative estimate of drug-likeness (QED) is 0.167. The summed E-state index contributed by atoms with van der Waals surface area (Å²) in [5.74, 6) is -5.74. The summed E-state index contributed by atoms with van der Waals surface area (Å²) < 4.78 is 0. The zero-order valence-electron chi connectivity index (χ0n) is 25.4. The summed E-state index contributed by atoms with van der Waals surface area (Å²) in [6.45, 7) is 0. The van der Waals surface area contributed by atoms with Crippen LogP contribution >= 0.6 is 0 Å². The maximum atomic E-state index is 12.5. The number of hydrazone groups is 1. The normalized spacial score (nSPS) is 25.3. The Labute approximate surface area is 250 Å². The van der Waals surface area contributed by atoms with Gasteiger partial charge in [0, 0.05) is 17.5 Å². The summed E-state index contributed by atoms with van der Waals surface area (Å²) in [6.07, 6.45) is 15.5. The highest BCUT2D eigenvalue weighted by Crippen LogP contribution is 2.53. The molecule has 240 valence electrons. The van der Waals surface area contributed by atoms with Crippen LogP contribution in [0, 0.1) is 11.3 Å². The van der Waals surface area contributed by atoms with Crippen LogP contribution in [0.5, 0.6) is 0 Å². The highest BCUT2D eigenvalue weighted by atomic mass is 16.4. The predicted molar refractivity (Wildman–Crippen MR) is 161 cm³/mol. The van der Waals surface area contributed by atoms with Crippen molar-refractivity contribution in [2.24, 2.45) is 16.4 Å². The van der Waals surface area contributed by atoms with Gasteiger partial charge in [0.1, 0.15) is 0 Å². The van der Waals surface area contributed by atoms with Crippen molar-refractivity contribution in [3.05, 3.63) is 0 Å². The number of nitrogens with one attached hydrogen (secondary N) is 1. The lowest BCUT2D eigenvalue weighted by atomic mass is 9.54. The van der Waals surface area contributed by atoms with Crippen LogP contribution in [0.15, 0.2) is 5.10 Å². The Bertz CT molecular complexity index is 875. The molecule has 0 amide bonds. The maximum absolute atomic E-state index is 12.5. The van der Waals surface area contributed by atoms with E-state index in [1.807, 2.05) is 0 Å². The Morgan fingerprint density at radius 1 is 0.595 bits per heavy atom. The summed E-state index contributed by atoms with van der Waals surface area (Å²) in [7, 11) is 0. The van der Waals surface area contributed by atoms with Crippen LogP contribution in [0.25, 0.3) is 0 Å². The van der Waals surface area contributed by atoms with Gasteiger partial charge in [-0.1, -0.05) is 89.9 Å². The first-order valence-corrected chi connectivity index (χ1v) is 16.3. The molecular formula is C32H54N2O8. The molecule has 10 heteroatoms. The molecule has 2 unspecified atom stereocenters. The largest absolute Gasteiger partial charge is 0.481 e. The Hall–Kier alpha value is -2.65. The number of nitrogens with zero attached hydrogens (tertiary/aromatic N) is 1. The summed E-state index contributed by atoms with van der Waals surface area (Å²) >= 11 is 0. The lowest BCUT2D eigenvalue weighted by Gasteiger charge is -2.53. The summed E-state index contributed by atoms with van der Waals surface area (Å²) in [6, 6.07) is 0. The SMILES string of the molecule is O=C(O)CC1CCCCCCCCCC(CC(=O)O)(NN=C2CCCCCCCCCCC2)C1(CC(=O)O)CC(=O)O. The van der Waals surface area contributed by atoms with Crippen LogP contribution in [-0.4, -0.2) is 55.6 Å². The van der Waals surface area contributed by atoms with Gasteiger partial charge in [0.2, 0.25) is 0 Å². The van der Waals surface area contributed by atoms with Crippen LogP contribution < -0.4 is 5.43 Å². The van der Waals surface area contributed by atoms with E-state index in [4.69, 9.17) is 5.10 Å². The standard InChI is InChI=1S/C32H54N2O8/c35-27(36)21-25-17-13-9-5-4-8-12-16-20-32(24-30(41)42,31(25,22-28(37)38)23-29(39)40)34-33-26-18-14-10-6-2-1-3-7-11-15-19-26/h25,34H,1-24H2,(H,35,36)(H,37,38)(H,39,40)(H,41,42). The molecule has 0 spiro atoms. The van der Waals surface area contributed by atoms with Gasteiger partial charge in [0.15, 0.2) is 0 Å². The first-order valence-electron chi connectivity index (χ1n) is 16.3. The van der Waals surface area contributed by atoms with Crippen molar-refractivity contribution in [1.29, 1.82) is 0 Å². The van der Waals surface area contributed by atoms with Crippen molar-refractivity contribution in [3.8, 4) is 0 Å². The van der Waals surface area contributed by atoms with E-state index in [9.17, 15) is 39.6 Å². The molecule has 2 rings (SSSR count). The molecule has 0 aromatic heterocycles. The number of carboxylic acids is 4. The lowest BCUT2D eigenvalue weighted by Crippen LogP contribution is -2.63. The fourth-order valence-corrected chi connectivity index (χ4v) is 7.40. The molecule has 2 atom stereocenters. The highest BCUT2D eigenvalue weighted by molar-refractivity contribution is 5.84. The number of hydrogen-bond acceptors (Lipinski definition) is 6.